The summed E-state index contributed by atoms with van der Waals surface area (Å²) in [4.78, 5) is 16.9. The number of aromatic nitrogens is 2. The van der Waals surface area contributed by atoms with Crippen molar-refractivity contribution < 1.29 is 13.2 Å². The van der Waals surface area contributed by atoms with Crippen molar-refractivity contribution in [3.8, 4) is 0 Å². The third kappa shape index (κ3) is 5.45. The first-order valence-electron chi connectivity index (χ1n) is 11.7. The topological polar surface area (TPSA) is 93.1 Å². The van der Waals surface area contributed by atoms with Crippen LogP contribution in [0, 0.1) is 0 Å². The van der Waals surface area contributed by atoms with E-state index in [4.69, 9.17) is 0 Å². The lowest BCUT2D eigenvalue weighted by Gasteiger charge is -2.09. The number of sulfonamides is 1. The maximum absolute atomic E-state index is 12.6. The molecule has 5 rings (SSSR count). The molecular weight excluding hydrogens is 472 g/mol. The Balaban J connectivity index is 1.10. The first-order valence-corrected chi connectivity index (χ1v) is 13.2. The van der Waals surface area contributed by atoms with Gasteiger partial charge in [-0.05, 0) is 46.2 Å². The van der Waals surface area contributed by atoms with Gasteiger partial charge in [-0.3, -0.25) is 4.79 Å². The largest absolute Gasteiger partial charge is 0.352 e. The summed E-state index contributed by atoms with van der Waals surface area (Å²) in [5.74, 6) is -0.217. The molecule has 0 saturated heterocycles. The number of hydrogen-bond donors (Lipinski definition) is 2. The lowest BCUT2D eigenvalue weighted by atomic mass is 10.1. The maximum Gasteiger partial charge on any atom is 0.240 e. The van der Waals surface area contributed by atoms with E-state index in [2.05, 4.69) is 19.6 Å². The van der Waals surface area contributed by atoms with Crippen LogP contribution >= 0.6 is 0 Å². The van der Waals surface area contributed by atoms with Crippen molar-refractivity contribution in [1.82, 2.24) is 19.6 Å². The quantitative estimate of drug-likeness (QED) is 0.318. The van der Waals surface area contributed by atoms with Crippen LogP contribution in [-0.2, 0) is 27.9 Å². The van der Waals surface area contributed by atoms with Crippen LogP contribution in [0.15, 0.2) is 102 Å². The standard InChI is InChI=1S/C28H26N4O3S/c33-28(15-16-31-36(34,35)25-14-13-23-5-1-2-6-24(23)17-25)29-18-21-9-11-22(12-10-21)19-32-20-30-26-7-3-4-8-27(26)32/h1-14,17,20,31H,15-16,18-19H2,(H,29,33). The molecule has 0 spiro atoms. The molecule has 5 aromatic rings. The van der Waals surface area contributed by atoms with E-state index < -0.39 is 10.0 Å². The van der Waals surface area contributed by atoms with Crippen molar-refractivity contribution in [2.24, 2.45) is 0 Å². The number of carbonyl (C=O) groups is 1. The molecule has 0 unspecified atom stereocenters. The highest BCUT2D eigenvalue weighted by molar-refractivity contribution is 7.89. The zero-order valence-electron chi connectivity index (χ0n) is 19.6. The SMILES string of the molecule is O=C(CCNS(=O)(=O)c1ccc2ccccc2c1)NCc1ccc(Cn2cnc3ccccc32)cc1. The molecule has 1 amide bonds. The van der Waals surface area contributed by atoms with Crippen LogP contribution in [0.25, 0.3) is 21.8 Å². The predicted octanol–water partition coefficient (Wildman–Crippen LogP) is 4.22. The molecule has 8 heteroatoms. The maximum atomic E-state index is 12.6. The normalized spacial score (nSPS) is 11.7. The first kappa shape index (κ1) is 23.7. The minimum atomic E-state index is -3.69. The van der Waals surface area contributed by atoms with Gasteiger partial charge in [0.15, 0.2) is 0 Å². The average Bonchev–Trinajstić information content (AvgIpc) is 3.30. The van der Waals surface area contributed by atoms with E-state index in [0.29, 0.717) is 13.1 Å². The van der Waals surface area contributed by atoms with E-state index in [0.717, 1.165) is 32.9 Å². The Bertz CT molecular complexity index is 1630. The van der Waals surface area contributed by atoms with E-state index in [9.17, 15) is 13.2 Å². The van der Waals surface area contributed by atoms with Gasteiger partial charge in [-0.2, -0.15) is 0 Å². The molecule has 2 N–H and O–H groups in total. The molecule has 0 aliphatic heterocycles. The lowest BCUT2D eigenvalue weighted by molar-refractivity contribution is -0.121. The van der Waals surface area contributed by atoms with Crippen LogP contribution < -0.4 is 10.0 Å². The van der Waals surface area contributed by atoms with Crippen LogP contribution in [-0.4, -0.2) is 30.4 Å². The van der Waals surface area contributed by atoms with E-state index in [1.54, 1.807) is 18.2 Å². The summed E-state index contributed by atoms with van der Waals surface area (Å²) in [5.41, 5.74) is 4.16. The zero-order valence-corrected chi connectivity index (χ0v) is 20.4. The second-order valence-electron chi connectivity index (χ2n) is 8.61. The van der Waals surface area contributed by atoms with Crippen LogP contribution in [0.3, 0.4) is 0 Å². The minimum absolute atomic E-state index is 0.0266. The van der Waals surface area contributed by atoms with Gasteiger partial charge in [-0.1, -0.05) is 66.7 Å². The molecule has 0 aliphatic carbocycles. The summed E-state index contributed by atoms with van der Waals surface area (Å²) in [6, 6.07) is 28.6. The fourth-order valence-corrected chi connectivity index (χ4v) is 5.17. The molecule has 4 aromatic carbocycles. The van der Waals surface area contributed by atoms with Gasteiger partial charge in [0, 0.05) is 26.1 Å². The highest BCUT2D eigenvalue weighted by Crippen LogP contribution is 2.19. The summed E-state index contributed by atoms with van der Waals surface area (Å²) in [7, 11) is -3.69. The number of carbonyl (C=O) groups excluding carboxylic acids is 1. The molecule has 182 valence electrons. The Morgan fingerprint density at radius 1 is 0.833 bits per heavy atom. The third-order valence-corrected chi connectivity index (χ3v) is 7.53. The van der Waals surface area contributed by atoms with Gasteiger partial charge in [0.2, 0.25) is 15.9 Å². The van der Waals surface area contributed by atoms with Gasteiger partial charge in [-0.25, -0.2) is 18.1 Å². The van der Waals surface area contributed by atoms with Crippen molar-refractivity contribution in [2.45, 2.75) is 24.4 Å². The smallest absolute Gasteiger partial charge is 0.240 e. The Morgan fingerprint density at radius 3 is 2.39 bits per heavy atom. The molecule has 7 nitrogen and oxygen atoms in total. The number of fused-ring (bicyclic) bond motifs is 2. The average molecular weight is 499 g/mol. The fraction of sp³-hybridized carbons (Fsp3) is 0.143. The van der Waals surface area contributed by atoms with Crippen LogP contribution in [0.1, 0.15) is 17.5 Å². The molecule has 0 atom stereocenters. The molecule has 0 fully saturated rings. The Hall–Kier alpha value is -4.01. The Labute approximate surface area is 209 Å². The molecule has 0 saturated carbocycles. The van der Waals surface area contributed by atoms with Gasteiger partial charge in [0.25, 0.3) is 0 Å². The highest BCUT2D eigenvalue weighted by Gasteiger charge is 2.14. The monoisotopic (exact) mass is 498 g/mol. The zero-order chi connectivity index (χ0) is 25.0. The summed E-state index contributed by atoms with van der Waals surface area (Å²) in [6.45, 7) is 1.12. The molecule has 1 heterocycles. The molecular formula is C28H26N4O3S. The number of nitrogens with zero attached hydrogens (tertiary/aromatic N) is 2. The fourth-order valence-electron chi connectivity index (χ4n) is 4.10. The summed E-state index contributed by atoms with van der Waals surface area (Å²) in [6.07, 6.45) is 1.89. The van der Waals surface area contributed by atoms with Crippen LogP contribution in [0.5, 0.6) is 0 Å². The first-order chi connectivity index (χ1) is 17.5. The number of para-hydroxylation sites is 2. The Morgan fingerprint density at radius 2 is 1.56 bits per heavy atom. The van der Waals surface area contributed by atoms with Crippen molar-refractivity contribution in [2.75, 3.05) is 6.54 Å². The van der Waals surface area contributed by atoms with Gasteiger partial charge >= 0.3 is 0 Å². The number of imidazole rings is 1. The van der Waals surface area contributed by atoms with Gasteiger partial charge in [-0.15, -0.1) is 0 Å². The summed E-state index contributed by atoms with van der Waals surface area (Å²) >= 11 is 0. The number of nitrogens with one attached hydrogen (secondary N) is 2. The van der Waals surface area contributed by atoms with Crippen molar-refractivity contribution in [3.63, 3.8) is 0 Å². The van der Waals surface area contributed by atoms with Crippen molar-refractivity contribution in [1.29, 1.82) is 0 Å². The summed E-state index contributed by atoms with van der Waals surface area (Å²) < 4.78 is 29.8. The van der Waals surface area contributed by atoms with E-state index in [-0.39, 0.29) is 23.8 Å². The molecule has 1 aromatic heterocycles. The molecule has 0 bridgehead atoms. The highest BCUT2D eigenvalue weighted by atomic mass is 32.2. The van der Waals surface area contributed by atoms with Crippen LogP contribution in [0.4, 0.5) is 0 Å². The van der Waals surface area contributed by atoms with E-state index in [1.165, 1.54) is 0 Å². The second-order valence-corrected chi connectivity index (χ2v) is 10.4. The number of rotatable bonds is 9. The van der Waals surface area contributed by atoms with Crippen molar-refractivity contribution in [3.05, 3.63) is 108 Å². The van der Waals surface area contributed by atoms with E-state index in [1.807, 2.05) is 79.1 Å². The Kier molecular flexibility index (Phi) is 6.79. The second kappa shape index (κ2) is 10.3. The molecule has 0 aliphatic rings. The minimum Gasteiger partial charge on any atom is -0.352 e. The van der Waals surface area contributed by atoms with Crippen molar-refractivity contribution >= 4 is 37.7 Å². The molecule has 0 radical (unpaired) electrons. The lowest BCUT2D eigenvalue weighted by Crippen LogP contribution is -2.30. The number of hydrogen-bond acceptors (Lipinski definition) is 4. The van der Waals surface area contributed by atoms with Gasteiger partial charge in [0.1, 0.15) is 0 Å². The number of benzene rings is 4. The van der Waals surface area contributed by atoms with E-state index >= 15 is 0 Å². The van der Waals surface area contributed by atoms with Gasteiger partial charge < -0.3 is 9.88 Å². The third-order valence-electron chi connectivity index (χ3n) is 6.07. The summed E-state index contributed by atoms with van der Waals surface area (Å²) in [5, 5.41) is 4.67. The molecule has 36 heavy (non-hydrogen) atoms. The van der Waals surface area contributed by atoms with Crippen LogP contribution in [0.2, 0.25) is 0 Å². The number of amides is 1. The predicted molar refractivity (Wildman–Crippen MR) is 141 cm³/mol. The van der Waals surface area contributed by atoms with Gasteiger partial charge in [0.05, 0.1) is 22.3 Å².